The van der Waals surface area contributed by atoms with E-state index in [1.165, 1.54) is 53.7 Å². The van der Waals surface area contributed by atoms with Gasteiger partial charge in [-0.05, 0) is 110 Å². The molecule has 40 heteroatoms. The van der Waals surface area contributed by atoms with Crippen LogP contribution in [0.4, 0.5) is 87.8 Å². The maximum Gasteiger partial charge on any atom is 0.573 e. The van der Waals surface area contributed by atoms with Crippen LogP contribution >= 0.6 is 46.4 Å². The molecule has 16 nitrogen and oxygen atoms in total. The first-order valence-electron chi connectivity index (χ1n) is 30.0. The number of aromatic nitrogens is 4. The molecule has 2 atom stereocenters. The van der Waals surface area contributed by atoms with Crippen LogP contribution in [0.15, 0.2) is 110 Å². The van der Waals surface area contributed by atoms with E-state index in [1.54, 1.807) is 0 Å². The van der Waals surface area contributed by atoms with Crippen LogP contribution in [0.3, 0.4) is 0 Å². The fourth-order valence-corrected chi connectivity index (χ4v) is 12.0. The van der Waals surface area contributed by atoms with Crippen LogP contribution in [0.1, 0.15) is 120 Å². The van der Waals surface area contributed by atoms with Crippen molar-refractivity contribution >= 4 is 70.2 Å². The molecule has 5 aromatic carbocycles. The molecular formula is C66H46Cl4F20N8O8. The number of halogens is 24. The summed E-state index contributed by atoms with van der Waals surface area (Å²) in [5.41, 5.74) is -27.6. The van der Waals surface area contributed by atoms with Gasteiger partial charge in [0.05, 0.1) is 66.9 Å². The normalized spacial score (nSPS) is 15.5. The van der Waals surface area contributed by atoms with Crippen LogP contribution in [0, 0.1) is 33.5 Å². The van der Waals surface area contributed by atoms with E-state index < -0.39 is 174 Å². The lowest BCUT2D eigenvalue weighted by Gasteiger charge is -2.42. The summed E-state index contributed by atoms with van der Waals surface area (Å²) >= 11 is 25.3. The van der Waals surface area contributed by atoms with Gasteiger partial charge in [-0.3, -0.25) is 19.4 Å². The van der Waals surface area contributed by atoms with Gasteiger partial charge < -0.3 is 18.9 Å². The van der Waals surface area contributed by atoms with Gasteiger partial charge in [-0.2, -0.15) is 73.4 Å². The Labute approximate surface area is 604 Å². The molecule has 0 aliphatic heterocycles. The Morgan fingerprint density at radius 1 is 0.453 bits per heavy atom. The lowest BCUT2D eigenvalue weighted by atomic mass is 9.91. The van der Waals surface area contributed by atoms with Crippen molar-refractivity contribution in [2.45, 2.75) is 140 Å². The van der Waals surface area contributed by atoms with Gasteiger partial charge in [-0.15, -0.1) is 26.3 Å². The molecule has 2 unspecified atom stereocenters. The third-order valence-corrected chi connectivity index (χ3v) is 17.8. The maximum atomic E-state index is 15.2. The first kappa shape index (κ1) is 80.8. The van der Waals surface area contributed by atoms with Crippen LogP contribution in [0.2, 0.25) is 20.1 Å². The second-order valence-corrected chi connectivity index (χ2v) is 27.8. The summed E-state index contributed by atoms with van der Waals surface area (Å²) in [4.78, 5) is 60.6. The first-order chi connectivity index (χ1) is 48.5. The van der Waals surface area contributed by atoms with E-state index >= 15 is 18.4 Å². The molecule has 2 aliphatic carbocycles. The second-order valence-electron chi connectivity index (χ2n) is 26.2. The number of rotatable bonds is 18. The number of hydrogen-bond acceptors (Lipinski definition) is 12. The molecule has 106 heavy (non-hydrogen) atoms. The third kappa shape index (κ3) is 15.6. The van der Waals surface area contributed by atoms with Crippen LogP contribution in [-0.2, 0) is 20.8 Å². The topological polar surface area (TPSA) is 195 Å². The van der Waals surface area contributed by atoms with E-state index in [1.807, 2.05) is 12.1 Å². The van der Waals surface area contributed by atoms with E-state index in [0.29, 0.717) is 9.36 Å². The fourth-order valence-electron chi connectivity index (χ4n) is 11.0. The van der Waals surface area contributed by atoms with Gasteiger partial charge in [0.15, 0.2) is 24.0 Å². The SMILES string of the molecule is CC(C)(C)C(OC(=O)c1ccc(C(=O)OC(N(C(=O)c2cc(-c3cnn(-c4c(Cl)cc(C(F)(C(F)(F)F)C(F)(F)F)cc4OC(F)(F)F)c3)ccc2Cl)C2(C#N)CC2)C(C)(C)C)cc1)N(C(=O)c1cc(-c2cnn(-c3c(Cl)cc(C(F)(C(F)(F)F)C(F)(F)F)cc3OC(F)(F)F)c2)ccc1Cl)C1(C#N)CC1. The second kappa shape index (κ2) is 27.5. The number of ether oxygens (including phenoxy) is 4. The van der Waals surface area contributed by atoms with Crippen LogP contribution < -0.4 is 9.47 Å². The Kier molecular flexibility index (Phi) is 21.0. The number of alkyl halides is 20. The van der Waals surface area contributed by atoms with Crippen molar-refractivity contribution in [1.82, 2.24) is 29.4 Å². The van der Waals surface area contributed by atoms with Crippen molar-refractivity contribution in [3.63, 3.8) is 0 Å². The number of nitrogens with zero attached hydrogens (tertiary/aromatic N) is 8. The summed E-state index contributed by atoms with van der Waals surface area (Å²) in [7, 11) is 0. The largest absolute Gasteiger partial charge is 0.573 e. The number of hydrogen-bond donors (Lipinski definition) is 0. The van der Waals surface area contributed by atoms with Gasteiger partial charge in [0.25, 0.3) is 11.8 Å². The molecule has 7 aromatic rings. The summed E-state index contributed by atoms with van der Waals surface area (Å²) in [5, 5.41) is 25.5. The first-order valence-corrected chi connectivity index (χ1v) is 31.6. The number of nitriles is 2. The quantitative estimate of drug-likeness (QED) is 0.0449. The standard InChI is InChI=1S/C66H46Cl4F20N8O8/c1-55(2,3)53(97(57(29-91)15-16-57)49(99)39-19-33(11-13-41(39)67)35-25-93-95(27-35)47-43(69)21-37(23-45(47)105-65(85,86)87)59(71,61(73,74)75)62(76,77)78)103-51(101)31-7-9-32(10-8-31)52(102)104-54(56(4,5)6)98(58(30-92)17-18-58)50(100)40-20-34(12-14-42(40)68)36-26-94-96(28-36)48-44(70)22-38(24-46(48)106-66(88,89)90)60(72,63(79,80)81)64(82,83)84/h7-14,19-28,53-54H,15-18H2,1-6H3. The molecule has 2 heterocycles. The number of carbonyl (C=O) groups is 4. The molecule has 2 amide bonds. The summed E-state index contributed by atoms with van der Waals surface area (Å²) in [6.45, 7) is 9.07. The van der Waals surface area contributed by atoms with E-state index in [4.69, 9.17) is 55.9 Å². The Morgan fingerprint density at radius 2 is 0.755 bits per heavy atom. The predicted molar refractivity (Wildman–Crippen MR) is 332 cm³/mol. The van der Waals surface area contributed by atoms with Gasteiger partial charge >= 0.3 is 60.7 Å². The highest BCUT2D eigenvalue weighted by atomic mass is 35.5. The van der Waals surface area contributed by atoms with Crippen molar-refractivity contribution in [3.8, 4) is 57.3 Å². The molecule has 2 aromatic heterocycles. The molecule has 0 spiro atoms. The minimum atomic E-state index is -6.79. The highest BCUT2D eigenvalue weighted by Crippen LogP contribution is 2.58. The molecule has 9 rings (SSSR count). The van der Waals surface area contributed by atoms with E-state index in [9.17, 15) is 99.1 Å². The highest BCUT2D eigenvalue weighted by molar-refractivity contribution is 6.35. The lowest BCUT2D eigenvalue weighted by molar-refractivity contribution is -0.349. The monoisotopic (exact) mass is 1600 g/mol. The van der Waals surface area contributed by atoms with Crippen molar-refractivity contribution < 1.29 is 126 Å². The van der Waals surface area contributed by atoms with Crippen molar-refractivity contribution in [2.75, 3.05) is 0 Å². The van der Waals surface area contributed by atoms with Gasteiger partial charge in [-0.1, -0.05) is 100 Å². The minimum absolute atomic E-state index is 0.00225. The molecular weight excluding hydrogens is 1550 g/mol. The van der Waals surface area contributed by atoms with Crippen LogP contribution in [0.25, 0.3) is 33.6 Å². The Morgan fingerprint density at radius 3 is 1.01 bits per heavy atom. The summed E-state index contributed by atoms with van der Waals surface area (Å²) < 4.78 is 298. The number of amides is 2. The Hall–Kier alpha value is -9.26. The zero-order valence-corrected chi connectivity index (χ0v) is 57.3. The average Bonchev–Trinajstić information content (AvgIpc) is 1.37. The molecule has 0 bridgehead atoms. The molecule has 2 saturated carbocycles. The maximum absolute atomic E-state index is 15.2. The summed E-state index contributed by atoms with van der Waals surface area (Å²) in [5.74, 6) is -8.22. The molecule has 2 fully saturated rings. The zero-order chi connectivity index (χ0) is 79.4. The number of esters is 2. The molecule has 0 saturated heterocycles. The van der Waals surface area contributed by atoms with Gasteiger partial charge in [0.2, 0.25) is 0 Å². The van der Waals surface area contributed by atoms with Crippen molar-refractivity contribution in [2.24, 2.45) is 10.8 Å². The third-order valence-electron chi connectivity index (χ3n) is 16.5. The number of benzene rings is 5. The van der Waals surface area contributed by atoms with Crippen molar-refractivity contribution in [3.05, 3.63) is 163 Å². The van der Waals surface area contributed by atoms with E-state index in [0.717, 1.165) is 83.1 Å². The lowest BCUT2D eigenvalue weighted by Crippen LogP contribution is -2.55. The van der Waals surface area contributed by atoms with Crippen LogP contribution in [0.5, 0.6) is 11.5 Å². The fraction of sp³-hybridized carbons (Fsp3) is 0.364. The summed E-state index contributed by atoms with van der Waals surface area (Å²) in [6, 6.07) is 13.9. The zero-order valence-electron chi connectivity index (χ0n) is 54.3. The summed E-state index contributed by atoms with van der Waals surface area (Å²) in [6.07, 6.45) is -38.8. The smallest absolute Gasteiger partial charge is 0.437 e. The molecule has 0 radical (unpaired) electrons. The number of carbonyl (C=O) groups excluding carboxylic acids is 4. The molecule has 0 N–H and O–H groups in total. The average molecular weight is 1600 g/mol. The molecule has 566 valence electrons. The highest BCUT2D eigenvalue weighted by Gasteiger charge is 2.75. The minimum Gasteiger partial charge on any atom is -0.437 e. The van der Waals surface area contributed by atoms with Gasteiger partial charge in [0.1, 0.15) is 22.5 Å². The van der Waals surface area contributed by atoms with Gasteiger partial charge in [-0.25, -0.2) is 27.7 Å². The van der Waals surface area contributed by atoms with E-state index in [2.05, 4.69) is 19.7 Å². The van der Waals surface area contributed by atoms with E-state index in [-0.39, 0.29) is 81.2 Å². The Bertz CT molecular complexity index is 4390. The van der Waals surface area contributed by atoms with Crippen LogP contribution in [-0.4, -0.2) is 114 Å². The van der Waals surface area contributed by atoms with Gasteiger partial charge in [0, 0.05) is 45.5 Å². The van der Waals surface area contributed by atoms with Crippen molar-refractivity contribution in [1.29, 1.82) is 10.5 Å². The predicted octanol–water partition coefficient (Wildman–Crippen LogP) is 19.8. The molecule has 2 aliphatic rings. The Balaban J connectivity index is 0.976.